The first-order valence-corrected chi connectivity index (χ1v) is 8.31. The standard InChI is InChI=1S/C15H10Cl2S2/c16-9-12-5-6-14(18-12)15-8-7-13(19-15)10-1-3-11(17)4-2-10/h1-8H,9H2. The highest BCUT2D eigenvalue weighted by molar-refractivity contribution is 7.24. The number of hydrogen-bond donors (Lipinski definition) is 0. The molecular weight excluding hydrogens is 315 g/mol. The van der Waals surface area contributed by atoms with Crippen molar-refractivity contribution in [2.24, 2.45) is 0 Å². The Morgan fingerprint density at radius 1 is 0.737 bits per heavy atom. The predicted octanol–water partition coefficient (Wildman–Crippen LogP) is 6.54. The van der Waals surface area contributed by atoms with E-state index in [-0.39, 0.29) is 0 Å². The molecule has 19 heavy (non-hydrogen) atoms. The maximum absolute atomic E-state index is 5.91. The van der Waals surface area contributed by atoms with E-state index in [4.69, 9.17) is 23.2 Å². The van der Waals surface area contributed by atoms with Gasteiger partial charge in [-0.2, -0.15) is 0 Å². The molecule has 0 fully saturated rings. The normalized spacial score (nSPS) is 10.8. The molecule has 0 spiro atoms. The fourth-order valence-electron chi connectivity index (χ4n) is 1.82. The molecule has 1 aromatic carbocycles. The average molecular weight is 325 g/mol. The van der Waals surface area contributed by atoms with Crippen molar-refractivity contribution in [1.29, 1.82) is 0 Å². The van der Waals surface area contributed by atoms with Crippen LogP contribution in [0.1, 0.15) is 4.88 Å². The molecule has 0 amide bonds. The monoisotopic (exact) mass is 324 g/mol. The van der Waals surface area contributed by atoms with E-state index in [2.05, 4.69) is 36.4 Å². The Hall–Kier alpha value is -0.800. The van der Waals surface area contributed by atoms with Crippen LogP contribution in [0.4, 0.5) is 0 Å². The zero-order valence-corrected chi connectivity index (χ0v) is 13.0. The van der Waals surface area contributed by atoms with Crippen molar-refractivity contribution < 1.29 is 0 Å². The van der Waals surface area contributed by atoms with Gasteiger partial charge in [-0.3, -0.25) is 0 Å². The van der Waals surface area contributed by atoms with Crippen LogP contribution < -0.4 is 0 Å². The molecule has 0 radical (unpaired) electrons. The third kappa shape index (κ3) is 2.87. The smallest absolute Gasteiger partial charge is 0.0568 e. The molecule has 0 aliphatic carbocycles. The second-order valence-electron chi connectivity index (χ2n) is 4.07. The van der Waals surface area contributed by atoms with Crippen LogP contribution in [-0.2, 0) is 5.88 Å². The van der Waals surface area contributed by atoms with E-state index in [0.29, 0.717) is 5.88 Å². The third-order valence-corrected chi connectivity index (χ3v) is 5.88. The SMILES string of the molecule is ClCc1ccc(-c2ccc(-c3ccc(Cl)cc3)s2)s1. The summed E-state index contributed by atoms with van der Waals surface area (Å²) in [6, 6.07) is 16.5. The largest absolute Gasteiger partial charge is 0.138 e. The van der Waals surface area contributed by atoms with Crippen molar-refractivity contribution in [2.45, 2.75) is 5.88 Å². The summed E-state index contributed by atoms with van der Waals surface area (Å²) >= 11 is 15.3. The molecule has 0 aliphatic rings. The quantitative estimate of drug-likeness (QED) is 0.480. The minimum atomic E-state index is 0.583. The van der Waals surface area contributed by atoms with E-state index in [0.717, 1.165) is 5.02 Å². The number of alkyl halides is 1. The van der Waals surface area contributed by atoms with Crippen LogP contribution >= 0.6 is 45.9 Å². The van der Waals surface area contributed by atoms with Gasteiger partial charge in [0.05, 0.1) is 5.88 Å². The number of thiophene rings is 2. The maximum atomic E-state index is 5.91. The van der Waals surface area contributed by atoms with Gasteiger partial charge in [-0.05, 0) is 42.0 Å². The fraction of sp³-hybridized carbons (Fsp3) is 0.0667. The van der Waals surface area contributed by atoms with Crippen LogP contribution in [-0.4, -0.2) is 0 Å². The number of halogens is 2. The lowest BCUT2D eigenvalue weighted by Crippen LogP contribution is -1.69. The molecule has 0 unspecified atom stereocenters. The summed E-state index contributed by atoms with van der Waals surface area (Å²) in [5.41, 5.74) is 1.20. The molecular formula is C15H10Cl2S2. The molecule has 0 saturated carbocycles. The summed E-state index contributed by atoms with van der Waals surface area (Å²) in [6.45, 7) is 0. The molecule has 2 heterocycles. The van der Waals surface area contributed by atoms with Crippen LogP contribution in [0.3, 0.4) is 0 Å². The van der Waals surface area contributed by atoms with Gasteiger partial charge >= 0.3 is 0 Å². The second-order valence-corrected chi connectivity index (χ2v) is 7.03. The van der Waals surface area contributed by atoms with Gasteiger partial charge in [0, 0.05) is 24.5 Å². The molecule has 0 bridgehead atoms. The topological polar surface area (TPSA) is 0 Å². The van der Waals surface area contributed by atoms with Gasteiger partial charge in [-0.25, -0.2) is 0 Å². The van der Waals surface area contributed by atoms with Crippen LogP contribution in [0, 0.1) is 0 Å². The van der Waals surface area contributed by atoms with Gasteiger partial charge in [0.25, 0.3) is 0 Å². The van der Waals surface area contributed by atoms with E-state index in [1.54, 1.807) is 22.7 Å². The lowest BCUT2D eigenvalue weighted by molar-refractivity contribution is 1.53. The van der Waals surface area contributed by atoms with E-state index in [9.17, 15) is 0 Å². The Kier molecular flexibility index (Phi) is 3.94. The van der Waals surface area contributed by atoms with Crippen molar-refractivity contribution in [2.75, 3.05) is 0 Å². The third-order valence-electron chi connectivity index (χ3n) is 2.77. The lowest BCUT2D eigenvalue weighted by Gasteiger charge is -1.96. The minimum absolute atomic E-state index is 0.583. The highest BCUT2D eigenvalue weighted by Gasteiger charge is 2.07. The van der Waals surface area contributed by atoms with E-state index in [1.807, 2.05) is 12.1 Å². The molecule has 3 aromatic rings. The van der Waals surface area contributed by atoms with Gasteiger partial charge < -0.3 is 0 Å². The van der Waals surface area contributed by atoms with Gasteiger partial charge in [0.1, 0.15) is 0 Å². The number of rotatable bonds is 3. The van der Waals surface area contributed by atoms with Crippen molar-refractivity contribution in [1.82, 2.24) is 0 Å². The van der Waals surface area contributed by atoms with Crippen molar-refractivity contribution >= 4 is 45.9 Å². The van der Waals surface area contributed by atoms with Crippen LogP contribution in [0.25, 0.3) is 20.2 Å². The summed E-state index contributed by atoms with van der Waals surface area (Å²) in [5.74, 6) is 0.583. The van der Waals surface area contributed by atoms with E-state index >= 15 is 0 Å². The van der Waals surface area contributed by atoms with Gasteiger partial charge in [-0.1, -0.05) is 23.7 Å². The Labute approximate surface area is 130 Å². The molecule has 0 N–H and O–H groups in total. The van der Waals surface area contributed by atoms with Crippen LogP contribution in [0.5, 0.6) is 0 Å². The summed E-state index contributed by atoms with van der Waals surface area (Å²) in [5, 5.41) is 0.769. The predicted molar refractivity (Wildman–Crippen MR) is 87.6 cm³/mol. The van der Waals surface area contributed by atoms with Crippen LogP contribution in [0.15, 0.2) is 48.5 Å². The first-order chi connectivity index (χ1) is 9.26. The van der Waals surface area contributed by atoms with Gasteiger partial charge in [0.2, 0.25) is 0 Å². The lowest BCUT2D eigenvalue weighted by atomic mass is 10.2. The molecule has 2 aromatic heterocycles. The summed E-state index contributed by atoms with van der Waals surface area (Å²) in [7, 11) is 0. The summed E-state index contributed by atoms with van der Waals surface area (Å²) < 4.78 is 0. The van der Waals surface area contributed by atoms with Crippen LogP contribution in [0.2, 0.25) is 5.02 Å². The number of hydrogen-bond acceptors (Lipinski definition) is 2. The minimum Gasteiger partial charge on any atom is -0.138 e. The molecule has 0 atom stereocenters. The van der Waals surface area contributed by atoms with Crippen molar-refractivity contribution in [3.63, 3.8) is 0 Å². The maximum Gasteiger partial charge on any atom is 0.0568 e. The molecule has 96 valence electrons. The average Bonchev–Trinajstić information content (AvgIpc) is 3.08. The zero-order valence-electron chi connectivity index (χ0n) is 9.90. The Morgan fingerprint density at radius 3 is 2.05 bits per heavy atom. The van der Waals surface area contributed by atoms with Crippen molar-refractivity contribution in [3.8, 4) is 20.2 Å². The molecule has 4 heteroatoms. The fourth-order valence-corrected chi connectivity index (χ4v) is 4.16. The Morgan fingerprint density at radius 2 is 1.37 bits per heavy atom. The van der Waals surface area contributed by atoms with E-state index < -0.39 is 0 Å². The first kappa shape index (κ1) is 13.2. The van der Waals surface area contributed by atoms with E-state index in [1.165, 1.54) is 25.1 Å². The summed E-state index contributed by atoms with van der Waals surface area (Å²) in [6.07, 6.45) is 0. The molecule has 0 nitrogen and oxygen atoms in total. The second kappa shape index (κ2) is 5.68. The Balaban J connectivity index is 1.92. The zero-order chi connectivity index (χ0) is 13.2. The highest BCUT2D eigenvalue weighted by atomic mass is 35.5. The molecule has 0 aliphatic heterocycles. The first-order valence-electron chi connectivity index (χ1n) is 5.77. The van der Waals surface area contributed by atoms with Crippen molar-refractivity contribution in [3.05, 3.63) is 58.4 Å². The van der Waals surface area contributed by atoms with Gasteiger partial charge in [-0.15, -0.1) is 34.3 Å². The number of benzene rings is 1. The van der Waals surface area contributed by atoms with Gasteiger partial charge in [0.15, 0.2) is 0 Å². The molecule has 3 rings (SSSR count). The summed E-state index contributed by atoms with van der Waals surface area (Å²) in [4.78, 5) is 5.03. The highest BCUT2D eigenvalue weighted by Crippen LogP contribution is 2.38. The Bertz CT molecular complexity index is 680. The molecule has 0 saturated heterocycles.